The van der Waals surface area contributed by atoms with Crippen molar-refractivity contribution in [2.75, 3.05) is 24.6 Å². The molecule has 17 heavy (non-hydrogen) atoms. The standard InChI is InChI=1S/C12H17NO2S2/c14-17(15)6-3-10(9-17)7-13-4-1-12-11(8-13)2-5-16-12/h2,5,10H,1,3-4,6-9H2. The molecule has 0 aliphatic carbocycles. The first kappa shape index (κ1) is 11.7. The smallest absolute Gasteiger partial charge is 0.150 e. The van der Waals surface area contributed by atoms with E-state index in [9.17, 15) is 8.42 Å². The van der Waals surface area contributed by atoms with Gasteiger partial charge in [0.25, 0.3) is 0 Å². The zero-order chi connectivity index (χ0) is 11.9. The first-order valence-electron chi connectivity index (χ1n) is 6.10. The first-order chi connectivity index (χ1) is 8.12. The molecule has 1 fully saturated rings. The van der Waals surface area contributed by atoms with Crippen molar-refractivity contribution in [1.82, 2.24) is 4.90 Å². The molecule has 2 aliphatic rings. The van der Waals surface area contributed by atoms with Gasteiger partial charge in [0.15, 0.2) is 9.84 Å². The average molecular weight is 271 g/mol. The largest absolute Gasteiger partial charge is 0.298 e. The normalized spacial score (nSPS) is 28.1. The van der Waals surface area contributed by atoms with Crippen molar-refractivity contribution in [1.29, 1.82) is 0 Å². The van der Waals surface area contributed by atoms with Gasteiger partial charge in [0.1, 0.15) is 0 Å². The van der Waals surface area contributed by atoms with E-state index in [2.05, 4.69) is 16.3 Å². The van der Waals surface area contributed by atoms with Crippen LogP contribution in [0.3, 0.4) is 0 Å². The van der Waals surface area contributed by atoms with Crippen LogP contribution in [0.1, 0.15) is 16.9 Å². The molecule has 3 rings (SSSR count). The van der Waals surface area contributed by atoms with Gasteiger partial charge in [0.2, 0.25) is 0 Å². The Morgan fingerprint density at radius 3 is 3.12 bits per heavy atom. The van der Waals surface area contributed by atoms with Gasteiger partial charge in [0, 0.05) is 24.5 Å². The third-order valence-corrected chi connectivity index (χ3v) is 6.59. The van der Waals surface area contributed by atoms with Crippen molar-refractivity contribution in [3.05, 3.63) is 21.9 Å². The Kier molecular flexibility index (Phi) is 3.00. The van der Waals surface area contributed by atoms with Crippen LogP contribution in [0.15, 0.2) is 11.4 Å². The second-order valence-corrected chi connectivity index (χ2v) is 8.35. The number of hydrogen-bond acceptors (Lipinski definition) is 4. The second-order valence-electron chi connectivity index (χ2n) is 5.12. The van der Waals surface area contributed by atoms with Crippen molar-refractivity contribution >= 4 is 21.2 Å². The van der Waals surface area contributed by atoms with Crippen LogP contribution in [0, 0.1) is 5.92 Å². The Morgan fingerprint density at radius 2 is 2.35 bits per heavy atom. The predicted molar refractivity (Wildman–Crippen MR) is 70.1 cm³/mol. The lowest BCUT2D eigenvalue weighted by molar-refractivity contribution is 0.223. The summed E-state index contributed by atoms with van der Waals surface area (Å²) in [5.41, 5.74) is 1.45. The van der Waals surface area contributed by atoms with Crippen LogP contribution in [0.5, 0.6) is 0 Å². The molecule has 1 saturated heterocycles. The summed E-state index contributed by atoms with van der Waals surface area (Å²) in [6, 6.07) is 2.21. The van der Waals surface area contributed by atoms with Gasteiger partial charge in [-0.15, -0.1) is 11.3 Å². The summed E-state index contributed by atoms with van der Waals surface area (Å²) in [5.74, 6) is 1.16. The van der Waals surface area contributed by atoms with Crippen LogP contribution in [-0.2, 0) is 22.8 Å². The van der Waals surface area contributed by atoms with Crippen molar-refractivity contribution in [3.8, 4) is 0 Å². The summed E-state index contributed by atoms with van der Waals surface area (Å²) in [6.45, 7) is 3.05. The molecule has 1 aromatic heterocycles. The maximum atomic E-state index is 11.4. The highest BCUT2D eigenvalue weighted by molar-refractivity contribution is 7.91. The Balaban J connectivity index is 1.61. The Bertz CT molecular complexity index is 506. The molecule has 0 bridgehead atoms. The van der Waals surface area contributed by atoms with E-state index in [0.717, 1.165) is 32.5 Å². The lowest BCUT2D eigenvalue weighted by Gasteiger charge is -2.28. The molecule has 0 radical (unpaired) electrons. The lowest BCUT2D eigenvalue weighted by atomic mass is 10.1. The summed E-state index contributed by atoms with van der Waals surface area (Å²) in [6.07, 6.45) is 1.99. The summed E-state index contributed by atoms with van der Waals surface area (Å²) >= 11 is 1.85. The first-order valence-corrected chi connectivity index (χ1v) is 8.80. The quantitative estimate of drug-likeness (QED) is 0.819. The van der Waals surface area contributed by atoms with Crippen LogP contribution in [0.25, 0.3) is 0 Å². The molecule has 94 valence electrons. The zero-order valence-electron chi connectivity index (χ0n) is 9.76. The Morgan fingerprint density at radius 1 is 1.47 bits per heavy atom. The van der Waals surface area contributed by atoms with E-state index in [-0.39, 0.29) is 0 Å². The Hall–Kier alpha value is -0.390. The molecule has 0 amide bonds. The maximum absolute atomic E-state index is 11.4. The SMILES string of the molecule is O=S1(=O)CCC(CN2CCc3sccc3C2)C1. The van der Waals surface area contributed by atoms with Crippen molar-refractivity contribution in [2.45, 2.75) is 19.4 Å². The molecule has 0 aromatic carbocycles. The zero-order valence-corrected chi connectivity index (χ0v) is 11.4. The number of fused-ring (bicyclic) bond motifs is 1. The molecule has 0 N–H and O–H groups in total. The van der Waals surface area contributed by atoms with Gasteiger partial charge in [-0.1, -0.05) is 0 Å². The van der Waals surface area contributed by atoms with E-state index < -0.39 is 9.84 Å². The molecule has 1 unspecified atom stereocenters. The third kappa shape index (κ3) is 2.56. The third-order valence-electron chi connectivity index (χ3n) is 3.73. The monoisotopic (exact) mass is 271 g/mol. The number of nitrogens with zero attached hydrogens (tertiary/aromatic N) is 1. The van der Waals surface area contributed by atoms with Crippen LogP contribution in [0.2, 0.25) is 0 Å². The maximum Gasteiger partial charge on any atom is 0.150 e. The number of hydrogen-bond donors (Lipinski definition) is 0. The van der Waals surface area contributed by atoms with E-state index in [1.807, 2.05) is 11.3 Å². The fourth-order valence-electron chi connectivity index (χ4n) is 2.84. The molecular weight excluding hydrogens is 254 g/mol. The number of thiophene rings is 1. The van der Waals surface area contributed by atoms with Crippen LogP contribution < -0.4 is 0 Å². The topological polar surface area (TPSA) is 37.4 Å². The summed E-state index contributed by atoms with van der Waals surface area (Å²) in [4.78, 5) is 3.93. The summed E-state index contributed by atoms with van der Waals surface area (Å²) in [5, 5.41) is 2.16. The van der Waals surface area contributed by atoms with E-state index in [0.29, 0.717) is 17.4 Å². The highest BCUT2D eigenvalue weighted by atomic mass is 32.2. The van der Waals surface area contributed by atoms with Gasteiger partial charge in [-0.25, -0.2) is 8.42 Å². The molecule has 3 heterocycles. The molecule has 5 heteroatoms. The van der Waals surface area contributed by atoms with E-state index in [1.165, 1.54) is 10.4 Å². The van der Waals surface area contributed by atoms with Gasteiger partial charge in [0.05, 0.1) is 11.5 Å². The summed E-state index contributed by atoms with van der Waals surface area (Å²) < 4.78 is 22.8. The number of sulfone groups is 1. The van der Waals surface area contributed by atoms with Gasteiger partial charge < -0.3 is 0 Å². The van der Waals surface area contributed by atoms with E-state index in [4.69, 9.17) is 0 Å². The van der Waals surface area contributed by atoms with Crippen molar-refractivity contribution in [3.63, 3.8) is 0 Å². The van der Waals surface area contributed by atoms with Crippen molar-refractivity contribution < 1.29 is 8.42 Å². The van der Waals surface area contributed by atoms with Crippen LogP contribution in [0.4, 0.5) is 0 Å². The molecule has 1 atom stereocenters. The average Bonchev–Trinajstić information content (AvgIpc) is 2.84. The number of rotatable bonds is 2. The molecule has 0 saturated carbocycles. The minimum atomic E-state index is -2.72. The van der Waals surface area contributed by atoms with Gasteiger partial charge in [-0.2, -0.15) is 0 Å². The predicted octanol–water partition coefficient (Wildman–Crippen LogP) is 1.54. The van der Waals surface area contributed by atoms with E-state index >= 15 is 0 Å². The fourth-order valence-corrected chi connectivity index (χ4v) is 5.58. The van der Waals surface area contributed by atoms with Gasteiger partial charge >= 0.3 is 0 Å². The summed E-state index contributed by atoms with van der Waals surface area (Å²) in [7, 11) is -2.72. The molecular formula is C12H17NO2S2. The highest BCUT2D eigenvalue weighted by Crippen LogP contribution is 2.26. The van der Waals surface area contributed by atoms with Gasteiger partial charge in [-0.05, 0) is 35.8 Å². The van der Waals surface area contributed by atoms with Crippen molar-refractivity contribution in [2.24, 2.45) is 5.92 Å². The van der Waals surface area contributed by atoms with E-state index in [1.54, 1.807) is 0 Å². The van der Waals surface area contributed by atoms with Crippen LogP contribution in [-0.4, -0.2) is 37.9 Å². The highest BCUT2D eigenvalue weighted by Gasteiger charge is 2.30. The Labute approximate surface area is 106 Å². The second kappa shape index (κ2) is 4.37. The van der Waals surface area contributed by atoms with Gasteiger partial charge in [-0.3, -0.25) is 4.90 Å². The lowest BCUT2D eigenvalue weighted by Crippen LogP contribution is -2.34. The van der Waals surface area contributed by atoms with Crippen LogP contribution >= 0.6 is 11.3 Å². The molecule has 1 aromatic rings. The molecule has 0 spiro atoms. The molecule has 3 nitrogen and oxygen atoms in total. The minimum absolute atomic E-state index is 0.361. The minimum Gasteiger partial charge on any atom is -0.298 e. The fraction of sp³-hybridized carbons (Fsp3) is 0.667. The molecule has 2 aliphatic heterocycles.